The van der Waals surface area contributed by atoms with Crippen LogP contribution in [0.25, 0.3) is 6.08 Å². The molecule has 92 valence electrons. The lowest BCUT2D eigenvalue weighted by Gasteiger charge is -2.00. The second kappa shape index (κ2) is 6.42. The van der Waals surface area contributed by atoms with E-state index >= 15 is 0 Å². The summed E-state index contributed by atoms with van der Waals surface area (Å²) >= 11 is 3.55. The zero-order valence-electron chi connectivity index (χ0n) is 9.58. The Morgan fingerprint density at radius 2 is 2.06 bits per heavy atom. The molecule has 1 aromatic carbocycles. The number of hydrogen-bond acceptors (Lipinski definition) is 3. The van der Waals surface area contributed by atoms with Crippen molar-refractivity contribution in [3.05, 3.63) is 59.0 Å². The van der Waals surface area contributed by atoms with E-state index in [1.807, 2.05) is 42.1 Å². The SMILES string of the molecule is O=C(O)/C=C/c1ccc(CSc2cccs2)cc1. The number of benzene rings is 1. The van der Waals surface area contributed by atoms with Crippen LogP contribution in [0.15, 0.2) is 52.1 Å². The summed E-state index contributed by atoms with van der Waals surface area (Å²) in [5, 5.41) is 10.6. The summed E-state index contributed by atoms with van der Waals surface area (Å²) in [4.78, 5) is 10.4. The molecule has 0 radical (unpaired) electrons. The molecule has 18 heavy (non-hydrogen) atoms. The van der Waals surface area contributed by atoms with Gasteiger partial charge in [0.05, 0.1) is 4.21 Å². The second-order valence-electron chi connectivity index (χ2n) is 3.63. The fourth-order valence-corrected chi connectivity index (χ4v) is 3.13. The minimum atomic E-state index is -0.924. The Labute approximate surface area is 114 Å². The number of carboxylic acids is 1. The van der Waals surface area contributed by atoms with E-state index in [2.05, 4.69) is 11.4 Å². The molecule has 1 N–H and O–H groups in total. The molecule has 2 nitrogen and oxygen atoms in total. The highest BCUT2D eigenvalue weighted by Crippen LogP contribution is 2.26. The number of rotatable bonds is 5. The number of aliphatic carboxylic acids is 1. The first-order valence-corrected chi connectivity index (χ1v) is 7.27. The Morgan fingerprint density at radius 1 is 1.28 bits per heavy atom. The third-order valence-corrected chi connectivity index (χ3v) is 4.48. The molecule has 2 aromatic rings. The van der Waals surface area contributed by atoms with Gasteiger partial charge >= 0.3 is 5.97 Å². The van der Waals surface area contributed by atoms with Gasteiger partial charge < -0.3 is 5.11 Å². The lowest BCUT2D eigenvalue weighted by Crippen LogP contribution is -1.86. The molecule has 0 aliphatic rings. The van der Waals surface area contributed by atoms with Crippen LogP contribution >= 0.6 is 23.1 Å². The molecule has 4 heteroatoms. The normalized spacial score (nSPS) is 10.9. The zero-order valence-corrected chi connectivity index (χ0v) is 11.2. The fraction of sp³-hybridized carbons (Fsp3) is 0.0714. The van der Waals surface area contributed by atoms with Crippen LogP contribution in [0.1, 0.15) is 11.1 Å². The molecule has 0 fully saturated rings. The predicted molar refractivity (Wildman–Crippen MR) is 77.0 cm³/mol. The number of carbonyl (C=O) groups is 1. The van der Waals surface area contributed by atoms with Gasteiger partial charge in [0.1, 0.15) is 0 Å². The standard InChI is InChI=1S/C14H12O2S2/c15-13(16)8-7-11-3-5-12(6-4-11)10-18-14-2-1-9-17-14/h1-9H,10H2,(H,15,16)/b8-7+. The van der Waals surface area contributed by atoms with Crippen molar-refractivity contribution in [3.8, 4) is 0 Å². The van der Waals surface area contributed by atoms with Crippen LogP contribution in [0.3, 0.4) is 0 Å². The number of carboxylic acid groups (broad SMARTS) is 1. The Bertz CT molecular complexity index is 527. The van der Waals surface area contributed by atoms with Crippen molar-refractivity contribution in [1.29, 1.82) is 0 Å². The van der Waals surface area contributed by atoms with Crippen molar-refractivity contribution in [3.63, 3.8) is 0 Å². The van der Waals surface area contributed by atoms with Gasteiger partial charge in [-0.25, -0.2) is 4.79 Å². The molecule has 0 aliphatic heterocycles. The number of thioether (sulfide) groups is 1. The Morgan fingerprint density at radius 3 is 2.67 bits per heavy atom. The monoisotopic (exact) mass is 276 g/mol. The molecule has 0 saturated carbocycles. The van der Waals surface area contributed by atoms with E-state index < -0.39 is 5.97 Å². The number of thiophene rings is 1. The average molecular weight is 276 g/mol. The van der Waals surface area contributed by atoms with E-state index in [1.54, 1.807) is 17.4 Å². The maximum absolute atomic E-state index is 10.4. The van der Waals surface area contributed by atoms with Crippen molar-refractivity contribution in [1.82, 2.24) is 0 Å². The molecule has 1 heterocycles. The molecular formula is C14H12O2S2. The predicted octanol–water partition coefficient (Wildman–Crippen LogP) is 4.14. The van der Waals surface area contributed by atoms with E-state index in [1.165, 1.54) is 9.77 Å². The summed E-state index contributed by atoms with van der Waals surface area (Å²) in [6, 6.07) is 12.1. The van der Waals surface area contributed by atoms with Gasteiger partial charge in [-0.15, -0.1) is 23.1 Å². The van der Waals surface area contributed by atoms with Crippen LogP contribution in [0.2, 0.25) is 0 Å². The zero-order chi connectivity index (χ0) is 12.8. The minimum absolute atomic E-state index is 0.905. The summed E-state index contributed by atoms with van der Waals surface area (Å²) in [5.41, 5.74) is 2.14. The third kappa shape index (κ3) is 4.05. The van der Waals surface area contributed by atoms with Gasteiger partial charge in [0.2, 0.25) is 0 Å². The molecule has 0 saturated heterocycles. The van der Waals surface area contributed by atoms with Crippen LogP contribution in [0, 0.1) is 0 Å². The van der Waals surface area contributed by atoms with Crippen molar-refractivity contribution in [2.24, 2.45) is 0 Å². The number of hydrogen-bond donors (Lipinski definition) is 1. The minimum Gasteiger partial charge on any atom is -0.478 e. The average Bonchev–Trinajstić information content (AvgIpc) is 2.88. The van der Waals surface area contributed by atoms with Gasteiger partial charge in [0.25, 0.3) is 0 Å². The summed E-state index contributed by atoms with van der Waals surface area (Å²) in [5.74, 6) is 0.0102. The first kappa shape index (κ1) is 12.9. The van der Waals surface area contributed by atoms with Gasteiger partial charge in [0, 0.05) is 11.8 Å². The van der Waals surface area contributed by atoms with Crippen LogP contribution in [-0.2, 0) is 10.5 Å². The van der Waals surface area contributed by atoms with Crippen LogP contribution in [0.5, 0.6) is 0 Å². The van der Waals surface area contributed by atoms with Crippen LogP contribution in [-0.4, -0.2) is 11.1 Å². The van der Waals surface area contributed by atoms with Gasteiger partial charge in [-0.1, -0.05) is 30.3 Å². The highest BCUT2D eigenvalue weighted by atomic mass is 32.2. The van der Waals surface area contributed by atoms with Crippen LogP contribution < -0.4 is 0 Å². The third-order valence-electron chi connectivity index (χ3n) is 2.27. The second-order valence-corrected chi connectivity index (χ2v) is 5.86. The quantitative estimate of drug-likeness (QED) is 0.659. The molecule has 0 amide bonds. The van der Waals surface area contributed by atoms with Gasteiger partial charge in [-0.2, -0.15) is 0 Å². The van der Waals surface area contributed by atoms with Gasteiger partial charge in [0.15, 0.2) is 0 Å². The molecular weight excluding hydrogens is 264 g/mol. The molecule has 0 atom stereocenters. The molecule has 0 aliphatic carbocycles. The lowest BCUT2D eigenvalue weighted by atomic mass is 10.1. The smallest absolute Gasteiger partial charge is 0.328 e. The van der Waals surface area contributed by atoms with Crippen molar-refractivity contribution in [2.75, 3.05) is 0 Å². The summed E-state index contributed by atoms with van der Waals surface area (Å²) in [6.07, 6.45) is 2.74. The first-order valence-electron chi connectivity index (χ1n) is 5.40. The van der Waals surface area contributed by atoms with Crippen molar-refractivity contribution >= 4 is 35.1 Å². The van der Waals surface area contributed by atoms with Crippen molar-refractivity contribution < 1.29 is 9.90 Å². The molecule has 0 unspecified atom stereocenters. The van der Waals surface area contributed by atoms with E-state index in [4.69, 9.17) is 5.11 Å². The lowest BCUT2D eigenvalue weighted by molar-refractivity contribution is -0.131. The molecule has 1 aromatic heterocycles. The summed E-state index contributed by atoms with van der Waals surface area (Å²) in [7, 11) is 0. The highest BCUT2D eigenvalue weighted by molar-refractivity contribution is 8.00. The molecule has 0 bridgehead atoms. The molecule has 2 rings (SSSR count). The summed E-state index contributed by atoms with van der Waals surface area (Å²) in [6.45, 7) is 0. The van der Waals surface area contributed by atoms with Crippen LogP contribution in [0.4, 0.5) is 0 Å². The van der Waals surface area contributed by atoms with Crippen molar-refractivity contribution in [2.45, 2.75) is 9.96 Å². The molecule has 0 spiro atoms. The van der Waals surface area contributed by atoms with Gasteiger partial charge in [-0.05, 0) is 28.6 Å². The maximum atomic E-state index is 10.4. The largest absolute Gasteiger partial charge is 0.478 e. The van der Waals surface area contributed by atoms with E-state index in [-0.39, 0.29) is 0 Å². The van der Waals surface area contributed by atoms with Gasteiger partial charge in [-0.3, -0.25) is 0 Å². The Balaban J connectivity index is 1.93. The van der Waals surface area contributed by atoms with E-state index in [0.717, 1.165) is 17.4 Å². The Hall–Kier alpha value is -1.52. The topological polar surface area (TPSA) is 37.3 Å². The maximum Gasteiger partial charge on any atom is 0.328 e. The Kier molecular flexibility index (Phi) is 4.61. The fourth-order valence-electron chi connectivity index (χ4n) is 1.39. The van der Waals surface area contributed by atoms with E-state index in [0.29, 0.717) is 0 Å². The van der Waals surface area contributed by atoms with E-state index in [9.17, 15) is 4.79 Å². The first-order chi connectivity index (χ1) is 8.74. The summed E-state index contributed by atoms with van der Waals surface area (Å²) < 4.78 is 1.31. The highest BCUT2D eigenvalue weighted by Gasteiger charge is 1.97.